The zero-order valence-electron chi connectivity index (χ0n) is 8.25. The van der Waals surface area contributed by atoms with Crippen LogP contribution in [-0.2, 0) is 9.59 Å². The number of carboxylic acid groups (broad SMARTS) is 1. The van der Waals surface area contributed by atoms with E-state index in [1.165, 1.54) is 6.92 Å². The van der Waals surface area contributed by atoms with Gasteiger partial charge in [-0.15, -0.1) is 0 Å². The van der Waals surface area contributed by atoms with Crippen LogP contribution in [0.1, 0.15) is 32.6 Å². The van der Waals surface area contributed by atoms with Crippen molar-refractivity contribution in [3.05, 3.63) is 0 Å². The van der Waals surface area contributed by atoms with Gasteiger partial charge in [-0.25, -0.2) is 0 Å². The smallest absolute Gasteiger partial charge is 0.306 e. The molecule has 78 valence electrons. The second-order valence-electron chi connectivity index (χ2n) is 4.75. The van der Waals surface area contributed by atoms with Crippen LogP contribution in [0.25, 0.3) is 0 Å². The lowest BCUT2D eigenvalue weighted by molar-refractivity contribution is -0.156. The Labute approximate surface area is 82.7 Å². The van der Waals surface area contributed by atoms with E-state index in [2.05, 4.69) is 5.32 Å². The van der Waals surface area contributed by atoms with E-state index in [4.69, 9.17) is 5.11 Å². The molecule has 0 unspecified atom stereocenters. The minimum absolute atomic E-state index is 0.0129. The lowest BCUT2D eigenvalue weighted by atomic mass is 9.50. The molecule has 0 aliphatic heterocycles. The van der Waals surface area contributed by atoms with Crippen molar-refractivity contribution < 1.29 is 14.7 Å². The minimum atomic E-state index is -0.668. The lowest BCUT2D eigenvalue weighted by Crippen LogP contribution is -2.57. The first-order valence-corrected chi connectivity index (χ1v) is 5.01. The molecule has 4 nitrogen and oxygen atoms in total. The largest absolute Gasteiger partial charge is 0.481 e. The predicted octanol–water partition coefficient (Wildman–Crippen LogP) is 0.766. The SMILES string of the molecule is CC(=O)NC1CC2(C1)CC(C(=O)O)C2. The van der Waals surface area contributed by atoms with Crippen LogP contribution in [0.5, 0.6) is 0 Å². The van der Waals surface area contributed by atoms with Gasteiger partial charge in [-0.05, 0) is 31.1 Å². The van der Waals surface area contributed by atoms with E-state index in [0.29, 0.717) is 6.04 Å². The molecule has 14 heavy (non-hydrogen) atoms. The number of hydrogen-bond donors (Lipinski definition) is 2. The Hall–Kier alpha value is -1.06. The van der Waals surface area contributed by atoms with Gasteiger partial charge in [0.25, 0.3) is 0 Å². The highest BCUT2D eigenvalue weighted by Gasteiger charge is 2.54. The Morgan fingerprint density at radius 3 is 2.29 bits per heavy atom. The van der Waals surface area contributed by atoms with E-state index in [1.54, 1.807) is 0 Å². The van der Waals surface area contributed by atoms with Gasteiger partial charge >= 0.3 is 5.97 Å². The number of amides is 1. The summed E-state index contributed by atoms with van der Waals surface area (Å²) in [4.78, 5) is 21.3. The predicted molar refractivity (Wildman–Crippen MR) is 49.6 cm³/mol. The number of nitrogens with one attached hydrogen (secondary N) is 1. The molecule has 2 aliphatic rings. The maximum Gasteiger partial charge on any atom is 0.306 e. The van der Waals surface area contributed by atoms with Gasteiger partial charge in [-0.1, -0.05) is 0 Å². The molecule has 0 saturated heterocycles. The first-order valence-electron chi connectivity index (χ1n) is 5.01. The van der Waals surface area contributed by atoms with Gasteiger partial charge in [0.2, 0.25) is 5.91 Å². The van der Waals surface area contributed by atoms with Crippen LogP contribution in [0.15, 0.2) is 0 Å². The monoisotopic (exact) mass is 197 g/mol. The molecule has 2 aliphatic carbocycles. The summed E-state index contributed by atoms with van der Waals surface area (Å²) in [6.45, 7) is 1.52. The molecule has 2 saturated carbocycles. The second kappa shape index (κ2) is 2.97. The molecule has 2 rings (SSSR count). The number of rotatable bonds is 2. The number of carboxylic acids is 1. The van der Waals surface area contributed by atoms with Crippen LogP contribution < -0.4 is 5.32 Å². The molecule has 1 amide bonds. The van der Waals surface area contributed by atoms with Crippen LogP contribution in [0, 0.1) is 11.3 Å². The van der Waals surface area contributed by atoms with E-state index in [-0.39, 0.29) is 17.2 Å². The molecular formula is C10H15NO3. The Kier molecular flexibility index (Phi) is 2.01. The molecule has 2 N–H and O–H groups in total. The van der Waals surface area contributed by atoms with Crippen LogP contribution in [0.3, 0.4) is 0 Å². The summed E-state index contributed by atoms with van der Waals surface area (Å²) in [5, 5.41) is 11.6. The minimum Gasteiger partial charge on any atom is -0.481 e. The highest BCUT2D eigenvalue weighted by Crippen LogP contribution is 2.58. The highest BCUT2D eigenvalue weighted by molar-refractivity contribution is 5.74. The van der Waals surface area contributed by atoms with Crippen molar-refractivity contribution in [1.29, 1.82) is 0 Å². The molecular weight excluding hydrogens is 182 g/mol. The fourth-order valence-electron chi connectivity index (χ4n) is 2.87. The van der Waals surface area contributed by atoms with Gasteiger partial charge in [0, 0.05) is 13.0 Å². The quantitative estimate of drug-likeness (QED) is 0.687. The molecule has 0 aromatic carbocycles. The van der Waals surface area contributed by atoms with Gasteiger partial charge in [0.15, 0.2) is 0 Å². The van der Waals surface area contributed by atoms with E-state index in [9.17, 15) is 9.59 Å². The van der Waals surface area contributed by atoms with Crippen molar-refractivity contribution in [1.82, 2.24) is 5.32 Å². The summed E-state index contributed by atoms with van der Waals surface area (Å²) in [5.74, 6) is -0.786. The van der Waals surface area contributed by atoms with Crippen LogP contribution >= 0.6 is 0 Å². The third kappa shape index (κ3) is 1.49. The van der Waals surface area contributed by atoms with Gasteiger partial charge in [-0.3, -0.25) is 9.59 Å². The molecule has 0 aromatic rings. The third-order valence-electron chi connectivity index (χ3n) is 3.47. The molecule has 2 fully saturated rings. The summed E-state index contributed by atoms with van der Waals surface area (Å²) >= 11 is 0. The average Bonchev–Trinajstić information content (AvgIpc) is 1.89. The van der Waals surface area contributed by atoms with Crippen molar-refractivity contribution in [3.63, 3.8) is 0 Å². The van der Waals surface area contributed by atoms with E-state index in [1.807, 2.05) is 0 Å². The number of carbonyl (C=O) groups is 2. The van der Waals surface area contributed by atoms with Crippen molar-refractivity contribution in [2.45, 2.75) is 38.6 Å². The fourth-order valence-corrected chi connectivity index (χ4v) is 2.87. The zero-order chi connectivity index (χ0) is 10.3. The van der Waals surface area contributed by atoms with Crippen molar-refractivity contribution >= 4 is 11.9 Å². The Bertz CT molecular complexity index is 273. The Balaban J connectivity index is 1.74. The zero-order valence-corrected chi connectivity index (χ0v) is 8.25. The number of carbonyl (C=O) groups excluding carboxylic acids is 1. The van der Waals surface area contributed by atoms with Crippen LogP contribution in [0.2, 0.25) is 0 Å². The molecule has 0 radical (unpaired) electrons. The highest BCUT2D eigenvalue weighted by atomic mass is 16.4. The van der Waals surface area contributed by atoms with Gasteiger partial charge in [0.1, 0.15) is 0 Å². The summed E-state index contributed by atoms with van der Waals surface area (Å²) in [6, 6.07) is 0.294. The summed E-state index contributed by atoms with van der Waals surface area (Å²) in [6.07, 6.45) is 3.55. The van der Waals surface area contributed by atoms with Crippen LogP contribution in [0.4, 0.5) is 0 Å². The molecule has 0 heterocycles. The maximum absolute atomic E-state index is 10.7. The summed E-state index contributed by atoms with van der Waals surface area (Å²) < 4.78 is 0. The maximum atomic E-state index is 10.7. The number of hydrogen-bond acceptors (Lipinski definition) is 2. The number of aliphatic carboxylic acids is 1. The van der Waals surface area contributed by atoms with Crippen LogP contribution in [-0.4, -0.2) is 23.0 Å². The van der Waals surface area contributed by atoms with Crippen molar-refractivity contribution in [2.24, 2.45) is 11.3 Å². The first-order chi connectivity index (χ1) is 6.51. The molecule has 1 spiro atoms. The van der Waals surface area contributed by atoms with Crippen molar-refractivity contribution in [2.75, 3.05) is 0 Å². The average molecular weight is 197 g/mol. The fraction of sp³-hybridized carbons (Fsp3) is 0.800. The molecule has 0 bridgehead atoms. The second-order valence-corrected chi connectivity index (χ2v) is 4.75. The van der Waals surface area contributed by atoms with Gasteiger partial charge in [0.05, 0.1) is 5.92 Å². The van der Waals surface area contributed by atoms with E-state index >= 15 is 0 Å². The molecule has 0 atom stereocenters. The summed E-state index contributed by atoms with van der Waals surface area (Å²) in [5.41, 5.74) is 0.260. The van der Waals surface area contributed by atoms with Gasteiger partial charge < -0.3 is 10.4 Å². The van der Waals surface area contributed by atoms with Crippen molar-refractivity contribution in [3.8, 4) is 0 Å². The topological polar surface area (TPSA) is 66.4 Å². The Morgan fingerprint density at radius 1 is 1.29 bits per heavy atom. The molecule has 4 heteroatoms. The summed E-state index contributed by atoms with van der Waals surface area (Å²) in [7, 11) is 0. The lowest BCUT2D eigenvalue weighted by Gasteiger charge is -2.56. The first kappa shape index (κ1) is 9.49. The van der Waals surface area contributed by atoms with E-state index < -0.39 is 5.97 Å². The Morgan fingerprint density at radius 2 is 1.86 bits per heavy atom. The van der Waals surface area contributed by atoms with Gasteiger partial charge in [-0.2, -0.15) is 0 Å². The standard InChI is InChI=1S/C10H15NO3/c1-6(12)11-8-4-10(5-8)2-7(3-10)9(13)14/h7-8H,2-5H2,1H3,(H,11,12)(H,13,14). The third-order valence-corrected chi connectivity index (χ3v) is 3.47. The van der Waals surface area contributed by atoms with E-state index in [0.717, 1.165) is 25.7 Å². The molecule has 0 aromatic heterocycles. The normalized spacial score (nSPS) is 39.8.